The molecule has 144 valence electrons. The number of aryl methyl sites for hydroxylation is 1. The maximum atomic E-state index is 6.06. The van der Waals surface area contributed by atoms with Crippen LogP contribution >= 0.6 is 23.4 Å². The Kier molecular flexibility index (Phi) is 6.13. The fraction of sp³-hybridized carbons (Fsp3) is 0.0833. The van der Waals surface area contributed by atoms with Crippen molar-refractivity contribution in [1.82, 2.24) is 14.8 Å². The van der Waals surface area contributed by atoms with Gasteiger partial charge in [0.05, 0.1) is 0 Å². The molecule has 0 unspecified atom stereocenters. The van der Waals surface area contributed by atoms with Crippen LogP contribution in [-0.2, 0) is 0 Å². The van der Waals surface area contributed by atoms with Crippen molar-refractivity contribution in [2.24, 2.45) is 0 Å². The van der Waals surface area contributed by atoms with E-state index in [1.165, 1.54) is 11.1 Å². The summed E-state index contributed by atoms with van der Waals surface area (Å²) in [7, 11) is 0. The van der Waals surface area contributed by atoms with Gasteiger partial charge in [-0.05, 0) is 48.9 Å². The summed E-state index contributed by atoms with van der Waals surface area (Å²) in [6.45, 7) is 2.08. The summed E-state index contributed by atoms with van der Waals surface area (Å²) in [5, 5.41) is 10.5. The molecular formula is C24H20ClN3S. The van der Waals surface area contributed by atoms with Crippen molar-refractivity contribution in [2.75, 3.05) is 5.75 Å². The highest BCUT2D eigenvalue weighted by molar-refractivity contribution is 7.99. The molecule has 0 spiro atoms. The summed E-state index contributed by atoms with van der Waals surface area (Å²) in [4.78, 5) is 0. The summed E-state index contributed by atoms with van der Waals surface area (Å²) in [6.07, 6.45) is 4.27. The van der Waals surface area contributed by atoms with Crippen molar-refractivity contribution in [2.45, 2.75) is 12.1 Å². The van der Waals surface area contributed by atoms with Gasteiger partial charge < -0.3 is 0 Å². The third-order valence-corrected chi connectivity index (χ3v) is 5.58. The van der Waals surface area contributed by atoms with Gasteiger partial charge in [-0.1, -0.05) is 83.5 Å². The lowest BCUT2D eigenvalue weighted by atomic mass is 10.2. The third-order valence-electron chi connectivity index (χ3n) is 4.45. The highest BCUT2D eigenvalue weighted by atomic mass is 35.5. The van der Waals surface area contributed by atoms with E-state index < -0.39 is 0 Å². The predicted octanol–water partition coefficient (Wildman–Crippen LogP) is 6.70. The Hall–Kier alpha value is -2.82. The van der Waals surface area contributed by atoms with Crippen LogP contribution in [0, 0.1) is 6.92 Å². The summed E-state index contributed by atoms with van der Waals surface area (Å²) in [5.41, 5.74) is 4.43. The molecule has 1 aromatic heterocycles. The SMILES string of the molecule is Cc1ccc(-n2c(SCC=Cc3ccccc3)nnc2-c2ccc(Cl)cc2)cc1. The van der Waals surface area contributed by atoms with Crippen molar-refractivity contribution in [3.8, 4) is 17.1 Å². The molecule has 0 atom stereocenters. The van der Waals surface area contributed by atoms with Gasteiger partial charge in [0.25, 0.3) is 0 Å². The molecule has 0 saturated heterocycles. The van der Waals surface area contributed by atoms with Gasteiger partial charge in [-0.2, -0.15) is 0 Å². The van der Waals surface area contributed by atoms with E-state index in [9.17, 15) is 0 Å². The van der Waals surface area contributed by atoms with Gasteiger partial charge in [-0.25, -0.2) is 0 Å². The smallest absolute Gasteiger partial charge is 0.196 e. The minimum atomic E-state index is 0.704. The van der Waals surface area contributed by atoms with Crippen LogP contribution in [0.5, 0.6) is 0 Å². The summed E-state index contributed by atoms with van der Waals surface area (Å²) < 4.78 is 2.10. The Bertz CT molecular complexity index is 1100. The van der Waals surface area contributed by atoms with E-state index in [0.717, 1.165) is 28.0 Å². The number of nitrogens with zero attached hydrogens (tertiary/aromatic N) is 3. The molecule has 1 heterocycles. The van der Waals surface area contributed by atoms with Crippen molar-refractivity contribution < 1.29 is 0 Å². The Morgan fingerprint density at radius 1 is 0.897 bits per heavy atom. The Morgan fingerprint density at radius 2 is 1.62 bits per heavy atom. The van der Waals surface area contributed by atoms with E-state index in [1.807, 2.05) is 42.5 Å². The first-order valence-corrected chi connectivity index (χ1v) is 10.7. The minimum absolute atomic E-state index is 0.704. The molecule has 0 aliphatic rings. The lowest BCUT2D eigenvalue weighted by Crippen LogP contribution is -1.99. The first-order chi connectivity index (χ1) is 14.2. The van der Waals surface area contributed by atoms with Crippen LogP contribution in [0.3, 0.4) is 0 Å². The van der Waals surface area contributed by atoms with Crippen LogP contribution in [0.1, 0.15) is 11.1 Å². The molecular weight excluding hydrogens is 398 g/mol. The fourth-order valence-corrected chi connectivity index (χ4v) is 3.83. The van der Waals surface area contributed by atoms with E-state index in [4.69, 9.17) is 11.6 Å². The quantitative estimate of drug-likeness (QED) is 0.327. The molecule has 0 aliphatic carbocycles. The topological polar surface area (TPSA) is 30.7 Å². The second-order valence-electron chi connectivity index (χ2n) is 6.61. The average molecular weight is 418 g/mol. The predicted molar refractivity (Wildman–Crippen MR) is 123 cm³/mol. The van der Waals surface area contributed by atoms with Gasteiger partial charge in [0, 0.05) is 22.0 Å². The molecule has 0 radical (unpaired) electrons. The van der Waals surface area contributed by atoms with E-state index in [-0.39, 0.29) is 0 Å². The van der Waals surface area contributed by atoms with E-state index >= 15 is 0 Å². The zero-order valence-electron chi connectivity index (χ0n) is 16.0. The van der Waals surface area contributed by atoms with Crippen LogP contribution in [0.25, 0.3) is 23.2 Å². The first-order valence-electron chi connectivity index (χ1n) is 9.33. The number of rotatable bonds is 6. The number of halogens is 1. The Morgan fingerprint density at radius 3 is 2.34 bits per heavy atom. The van der Waals surface area contributed by atoms with E-state index in [2.05, 4.69) is 70.2 Å². The number of hydrogen-bond donors (Lipinski definition) is 0. The Labute approximate surface area is 180 Å². The van der Waals surface area contributed by atoms with Crippen LogP contribution in [0.4, 0.5) is 0 Å². The van der Waals surface area contributed by atoms with Gasteiger partial charge in [-0.3, -0.25) is 4.57 Å². The molecule has 4 rings (SSSR count). The fourth-order valence-electron chi connectivity index (χ4n) is 2.95. The second kappa shape index (κ2) is 9.12. The van der Waals surface area contributed by atoms with Crippen molar-refractivity contribution in [3.63, 3.8) is 0 Å². The van der Waals surface area contributed by atoms with Crippen LogP contribution in [0.2, 0.25) is 5.02 Å². The number of aromatic nitrogens is 3. The van der Waals surface area contributed by atoms with Crippen molar-refractivity contribution in [3.05, 3.63) is 101 Å². The monoisotopic (exact) mass is 417 g/mol. The van der Waals surface area contributed by atoms with Gasteiger partial charge in [0.15, 0.2) is 11.0 Å². The maximum Gasteiger partial charge on any atom is 0.196 e. The molecule has 4 aromatic rings. The third kappa shape index (κ3) is 4.78. The summed E-state index contributed by atoms with van der Waals surface area (Å²) in [6, 6.07) is 26.4. The van der Waals surface area contributed by atoms with Crippen LogP contribution in [0.15, 0.2) is 90.1 Å². The zero-order valence-corrected chi connectivity index (χ0v) is 17.6. The number of hydrogen-bond acceptors (Lipinski definition) is 3. The van der Waals surface area contributed by atoms with Crippen LogP contribution in [-0.4, -0.2) is 20.5 Å². The zero-order chi connectivity index (χ0) is 20.1. The minimum Gasteiger partial charge on any atom is -0.270 e. The normalized spacial score (nSPS) is 11.2. The van der Waals surface area contributed by atoms with Gasteiger partial charge in [0.1, 0.15) is 0 Å². The molecule has 0 fully saturated rings. The largest absolute Gasteiger partial charge is 0.270 e. The molecule has 0 saturated carbocycles. The average Bonchev–Trinajstić information content (AvgIpc) is 3.17. The lowest BCUT2D eigenvalue weighted by molar-refractivity contribution is 0.887. The molecule has 0 N–H and O–H groups in total. The molecule has 0 bridgehead atoms. The molecule has 3 aromatic carbocycles. The van der Waals surface area contributed by atoms with Crippen molar-refractivity contribution >= 4 is 29.4 Å². The Balaban J connectivity index is 1.63. The first kappa shape index (κ1) is 19.5. The molecule has 3 nitrogen and oxygen atoms in total. The molecule has 0 aliphatic heterocycles. The van der Waals surface area contributed by atoms with Crippen molar-refractivity contribution in [1.29, 1.82) is 0 Å². The van der Waals surface area contributed by atoms with E-state index in [0.29, 0.717) is 5.02 Å². The van der Waals surface area contributed by atoms with Gasteiger partial charge in [0.2, 0.25) is 0 Å². The van der Waals surface area contributed by atoms with E-state index in [1.54, 1.807) is 11.8 Å². The standard InChI is InChI=1S/C24H20ClN3S/c1-18-9-15-22(16-10-18)28-23(20-11-13-21(25)14-12-20)26-27-24(28)29-17-5-8-19-6-3-2-4-7-19/h2-16H,17H2,1H3. The molecule has 29 heavy (non-hydrogen) atoms. The highest BCUT2D eigenvalue weighted by Crippen LogP contribution is 2.29. The number of thioether (sulfide) groups is 1. The summed E-state index contributed by atoms with van der Waals surface area (Å²) in [5.74, 6) is 1.61. The lowest BCUT2D eigenvalue weighted by Gasteiger charge is -2.10. The molecule has 5 heteroatoms. The molecule has 0 amide bonds. The maximum absolute atomic E-state index is 6.06. The highest BCUT2D eigenvalue weighted by Gasteiger charge is 2.15. The van der Waals surface area contributed by atoms with Gasteiger partial charge in [-0.15, -0.1) is 10.2 Å². The summed E-state index contributed by atoms with van der Waals surface area (Å²) >= 11 is 7.72. The van der Waals surface area contributed by atoms with Gasteiger partial charge >= 0.3 is 0 Å². The number of benzene rings is 3. The van der Waals surface area contributed by atoms with Crippen LogP contribution < -0.4 is 0 Å². The second-order valence-corrected chi connectivity index (χ2v) is 8.03.